The monoisotopic (exact) mass is 434 g/mol. The zero-order valence-electron chi connectivity index (χ0n) is 19.9. The Morgan fingerprint density at radius 3 is 2.56 bits per heavy atom. The number of carbonyl (C=O) groups excluding carboxylic acids is 1. The van der Waals surface area contributed by atoms with Gasteiger partial charge in [0.15, 0.2) is 5.78 Å². The van der Waals surface area contributed by atoms with Crippen molar-refractivity contribution in [2.75, 3.05) is 6.61 Å². The third kappa shape index (κ3) is 3.39. The number of carbonyl (C=O) groups is 1. The molecule has 1 aliphatic heterocycles. The number of hydrogen-bond acceptors (Lipinski definition) is 3. The van der Waals surface area contributed by atoms with Gasteiger partial charge in [0.2, 0.25) is 0 Å². The molecule has 172 valence electrons. The van der Waals surface area contributed by atoms with Crippen LogP contribution < -0.4 is 4.74 Å². The van der Waals surface area contributed by atoms with Crippen LogP contribution in [0, 0.1) is 28.6 Å². The van der Waals surface area contributed by atoms with Crippen molar-refractivity contribution in [1.82, 2.24) is 0 Å². The van der Waals surface area contributed by atoms with Gasteiger partial charge >= 0.3 is 0 Å². The van der Waals surface area contributed by atoms with Gasteiger partial charge in [0.1, 0.15) is 12.4 Å². The van der Waals surface area contributed by atoms with Crippen LogP contribution >= 0.6 is 0 Å². The first-order valence-electron chi connectivity index (χ1n) is 12.6. The van der Waals surface area contributed by atoms with Gasteiger partial charge in [-0.2, -0.15) is 0 Å². The van der Waals surface area contributed by atoms with Gasteiger partial charge in [0, 0.05) is 12.0 Å². The highest BCUT2D eigenvalue weighted by Crippen LogP contribution is 2.67. The van der Waals surface area contributed by atoms with E-state index in [1.807, 2.05) is 36.4 Å². The Balaban J connectivity index is 0.000000180. The van der Waals surface area contributed by atoms with Gasteiger partial charge in [-0.15, -0.1) is 0 Å². The second-order valence-corrected chi connectivity index (χ2v) is 11.5. The van der Waals surface area contributed by atoms with Gasteiger partial charge in [-0.25, -0.2) is 0 Å². The number of ketones is 1. The molecule has 1 N–H and O–H groups in total. The highest BCUT2D eigenvalue weighted by atomic mass is 16.5. The van der Waals surface area contributed by atoms with Gasteiger partial charge in [-0.05, 0) is 98.7 Å². The van der Waals surface area contributed by atoms with E-state index in [1.165, 1.54) is 30.4 Å². The molecule has 0 amide bonds. The Morgan fingerprint density at radius 2 is 1.75 bits per heavy atom. The molecule has 1 heterocycles. The average Bonchev–Trinajstić information content (AvgIpc) is 3.04. The fourth-order valence-corrected chi connectivity index (χ4v) is 7.87. The number of rotatable bonds is 0. The molecular weight excluding hydrogens is 396 g/mol. The Bertz CT molecular complexity index is 957. The van der Waals surface area contributed by atoms with Crippen molar-refractivity contribution >= 4 is 11.9 Å². The van der Waals surface area contributed by atoms with Crippen molar-refractivity contribution in [3.8, 4) is 5.75 Å². The molecule has 0 bridgehead atoms. The van der Waals surface area contributed by atoms with Crippen LogP contribution in [0.3, 0.4) is 0 Å². The van der Waals surface area contributed by atoms with Crippen LogP contribution in [0.15, 0.2) is 42.0 Å². The maximum Gasteiger partial charge on any atom is 0.155 e. The molecule has 0 aromatic heterocycles. The minimum Gasteiger partial charge on any atom is -0.489 e. The summed E-state index contributed by atoms with van der Waals surface area (Å²) in [6, 6.07) is 8.03. The number of aliphatic hydroxyl groups is 1. The summed E-state index contributed by atoms with van der Waals surface area (Å²) in [6.07, 6.45) is 14.8. The third-order valence-corrected chi connectivity index (χ3v) is 10.1. The Kier molecular flexibility index (Phi) is 5.40. The topological polar surface area (TPSA) is 46.5 Å². The van der Waals surface area contributed by atoms with E-state index >= 15 is 0 Å². The molecule has 0 spiro atoms. The fourth-order valence-electron chi connectivity index (χ4n) is 7.87. The Hall–Kier alpha value is -1.87. The zero-order valence-corrected chi connectivity index (χ0v) is 19.9. The number of para-hydroxylation sites is 1. The fraction of sp³-hybridized carbons (Fsp3) is 0.621. The van der Waals surface area contributed by atoms with Crippen LogP contribution in [-0.2, 0) is 4.79 Å². The number of allylic oxidation sites excluding steroid dienone is 1. The van der Waals surface area contributed by atoms with Crippen molar-refractivity contribution in [3.63, 3.8) is 0 Å². The molecular formula is C29H38O3. The summed E-state index contributed by atoms with van der Waals surface area (Å²) < 4.78 is 5.34. The van der Waals surface area contributed by atoms with Gasteiger partial charge in [-0.1, -0.05) is 43.7 Å². The molecule has 6 atom stereocenters. The molecule has 5 aliphatic rings. The standard InChI is InChI=1S/C20H30O2.C9H8O/c1-18-9-6-14(21)12-13(18)4-5-15-16(18)7-10-19(2)17(15)8-11-20(19,3)22;1-2-6-9-8(4-1)5-3-7-10-9/h12,15-17,22H,4-11H2,1-3H3;1-6H,7H2/t15-,16+,17+,18+,19+,20+;/m1./s1. The maximum absolute atomic E-state index is 11.8. The van der Waals surface area contributed by atoms with Crippen molar-refractivity contribution in [2.45, 2.75) is 77.7 Å². The molecule has 3 heteroatoms. The average molecular weight is 435 g/mol. The van der Waals surface area contributed by atoms with Crippen LogP contribution in [0.1, 0.15) is 77.7 Å². The summed E-state index contributed by atoms with van der Waals surface area (Å²) in [4.78, 5) is 11.8. The summed E-state index contributed by atoms with van der Waals surface area (Å²) in [6.45, 7) is 7.55. The molecule has 3 nitrogen and oxygen atoms in total. The zero-order chi connectivity index (χ0) is 22.6. The lowest BCUT2D eigenvalue weighted by Crippen LogP contribution is -2.53. The highest BCUT2D eigenvalue weighted by Gasteiger charge is 2.62. The smallest absolute Gasteiger partial charge is 0.155 e. The van der Waals surface area contributed by atoms with E-state index in [0.29, 0.717) is 18.3 Å². The van der Waals surface area contributed by atoms with Crippen molar-refractivity contribution in [1.29, 1.82) is 0 Å². The quantitative estimate of drug-likeness (QED) is 0.517. The lowest BCUT2D eigenvalue weighted by Gasteiger charge is -2.58. The molecule has 4 aliphatic carbocycles. The SMILES string of the molecule is C1=Cc2ccccc2OC1.C[C@]12CCC(=O)C=C1CC[C@@H]1[C@@H]2CC[C@@]2(C)[C@H]1CC[C@]2(C)O. The van der Waals surface area contributed by atoms with E-state index in [9.17, 15) is 9.90 Å². The highest BCUT2D eigenvalue weighted by molar-refractivity contribution is 5.91. The van der Waals surface area contributed by atoms with E-state index in [2.05, 4.69) is 26.8 Å². The predicted octanol–water partition coefficient (Wildman–Crippen LogP) is 6.36. The van der Waals surface area contributed by atoms with Crippen molar-refractivity contribution < 1.29 is 14.6 Å². The normalized spacial score (nSPS) is 41.7. The lowest BCUT2D eigenvalue weighted by molar-refractivity contribution is -0.124. The van der Waals surface area contributed by atoms with Gasteiger partial charge in [-0.3, -0.25) is 4.79 Å². The van der Waals surface area contributed by atoms with Gasteiger partial charge in [0.25, 0.3) is 0 Å². The third-order valence-electron chi connectivity index (χ3n) is 10.1. The first-order chi connectivity index (χ1) is 15.2. The van der Waals surface area contributed by atoms with Crippen LogP contribution in [-0.4, -0.2) is 23.1 Å². The summed E-state index contributed by atoms with van der Waals surface area (Å²) in [5, 5.41) is 10.9. The van der Waals surface area contributed by atoms with Crippen LogP contribution in [0.25, 0.3) is 6.08 Å². The number of fused-ring (bicyclic) bond motifs is 6. The molecule has 1 aromatic carbocycles. The summed E-state index contributed by atoms with van der Waals surface area (Å²) in [5.74, 6) is 3.49. The molecule has 32 heavy (non-hydrogen) atoms. The number of benzene rings is 1. The van der Waals surface area contributed by atoms with Gasteiger partial charge in [0.05, 0.1) is 5.60 Å². The maximum atomic E-state index is 11.8. The molecule has 0 unspecified atom stereocenters. The van der Waals surface area contributed by atoms with E-state index < -0.39 is 5.60 Å². The molecule has 3 fully saturated rings. The Labute approximate surface area is 192 Å². The van der Waals surface area contributed by atoms with Crippen LogP contribution in [0.5, 0.6) is 5.75 Å². The van der Waals surface area contributed by atoms with Crippen LogP contribution in [0.4, 0.5) is 0 Å². The predicted molar refractivity (Wildman–Crippen MR) is 128 cm³/mol. The molecule has 0 radical (unpaired) electrons. The van der Waals surface area contributed by atoms with Crippen molar-refractivity contribution in [2.24, 2.45) is 28.6 Å². The van der Waals surface area contributed by atoms with Crippen LogP contribution in [0.2, 0.25) is 0 Å². The van der Waals surface area contributed by atoms with E-state index in [1.54, 1.807) is 0 Å². The van der Waals surface area contributed by atoms with E-state index in [0.717, 1.165) is 49.7 Å². The van der Waals surface area contributed by atoms with Gasteiger partial charge < -0.3 is 9.84 Å². The minimum absolute atomic E-state index is 0.107. The summed E-state index contributed by atoms with van der Waals surface area (Å²) in [7, 11) is 0. The second-order valence-electron chi connectivity index (χ2n) is 11.5. The first kappa shape index (κ1) is 21.9. The molecule has 6 rings (SSSR count). The second kappa shape index (κ2) is 7.87. The summed E-state index contributed by atoms with van der Waals surface area (Å²) >= 11 is 0. The molecule has 0 saturated heterocycles. The summed E-state index contributed by atoms with van der Waals surface area (Å²) in [5.41, 5.74) is 2.50. The Morgan fingerprint density at radius 1 is 0.969 bits per heavy atom. The lowest BCUT2D eigenvalue weighted by atomic mass is 9.46. The minimum atomic E-state index is -0.484. The molecule has 3 saturated carbocycles. The van der Waals surface area contributed by atoms with E-state index in [-0.39, 0.29) is 10.8 Å². The number of hydrogen-bond donors (Lipinski definition) is 1. The first-order valence-corrected chi connectivity index (χ1v) is 12.6. The largest absolute Gasteiger partial charge is 0.489 e. The van der Waals surface area contributed by atoms with E-state index in [4.69, 9.17) is 4.74 Å². The molecule has 1 aromatic rings. The number of ether oxygens (including phenoxy) is 1. The van der Waals surface area contributed by atoms with Crippen molar-refractivity contribution in [3.05, 3.63) is 47.6 Å².